The molecule has 0 radical (unpaired) electrons. The van der Waals surface area contributed by atoms with Crippen molar-refractivity contribution < 1.29 is 4.74 Å². The summed E-state index contributed by atoms with van der Waals surface area (Å²) in [6.07, 6.45) is 5.20. The standard InChI is InChI=1S/C16H26N4O/c1-3-21-15-10-14(18-13(2)19-15)20-9-5-7-16(12-20)6-4-8-17-11-16/h10,17H,3-9,11-12H2,1-2H3. The van der Waals surface area contributed by atoms with Crippen LogP contribution in [0.4, 0.5) is 5.82 Å². The lowest BCUT2D eigenvalue weighted by Gasteiger charge is -2.45. The van der Waals surface area contributed by atoms with Gasteiger partial charge in [0, 0.05) is 31.1 Å². The Morgan fingerprint density at radius 2 is 2.19 bits per heavy atom. The summed E-state index contributed by atoms with van der Waals surface area (Å²) >= 11 is 0. The molecule has 21 heavy (non-hydrogen) atoms. The molecule has 5 nitrogen and oxygen atoms in total. The van der Waals surface area contributed by atoms with Gasteiger partial charge < -0.3 is 15.0 Å². The molecule has 2 fully saturated rings. The molecule has 2 saturated heterocycles. The van der Waals surface area contributed by atoms with Crippen LogP contribution in [0, 0.1) is 12.3 Å². The molecule has 1 unspecified atom stereocenters. The van der Waals surface area contributed by atoms with Gasteiger partial charge in [-0.25, -0.2) is 4.98 Å². The van der Waals surface area contributed by atoms with Gasteiger partial charge in [-0.2, -0.15) is 4.98 Å². The van der Waals surface area contributed by atoms with Gasteiger partial charge in [0.1, 0.15) is 11.6 Å². The van der Waals surface area contributed by atoms with Gasteiger partial charge in [0.2, 0.25) is 5.88 Å². The predicted molar refractivity (Wildman–Crippen MR) is 83.9 cm³/mol. The highest BCUT2D eigenvalue weighted by Crippen LogP contribution is 2.37. The molecule has 1 aromatic heterocycles. The average molecular weight is 290 g/mol. The molecule has 0 amide bonds. The third kappa shape index (κ3) is 3.28. The van der Waals surface area contributed by atoms with E-state index in [4.69, 9.17) is 4.74 Å². The number of nitrogens with zero attached hydrogens (tertiary/aromatic N) is 3. The van der Waals surface area contributed by atoms with Gasteiger partial charge in [0.05, 0.1) is 6.61 Å². The maximum Gasteiger partial charge on any atom is 0.218 e. The van der Waals surface area contributed by atoms with Crippen LogP contribution >= 0.6 is 0 Å². The van der Waals surface area contributed by atoms with E-state index in [9.17, 15) is 0 Å². The summed E-state index contributed by atoms with van der Waals surface area (Å²) in [4.78, 5) is 11.4. The monoisotopic (exact) mass is 290 g/mol. The van der Waals surface area contributed by atoms with Crippen LogP contribution in [0.3, 0.4) is 0 Å². The largest absolute Gasteiger partial charge is 0.478 e. The molecule has 0 aliphatic carbocycles. The first-order valence-corrected chi connectivity index (χ1v) is 8.15. The topological polar surface area (TPSA) is 50.3 Å². The van der Waals surface area contributed by atoms with Crippen LogP contribution in [-0.4, -0.2) is 42.8 Å². The minimum Gasteiger partial charge on any atom is -0.478 e. The zero-order chi connectivity index (χ0) is 14.7. The average Bonchev–Trinajstić information content (AvgIpc) is 2.48. The number of rotatable bonds is 3. The van der Waals surface area contributed by atoms with Crippen LogP contribution in [-0.2, 0) is 0 Å². The van der Waals surface area contributed by atoms with Crippen molar-refractivity contribution in [2.24, 2.45) is 5.41 Å². The number of anilines is 1. The zero-order valence-corrected chi connectivity index (χ0v) is 13.2. The van der Waals surface area contributed by atoms with Crippen molar-refractivity contribution in [1.82, 2.24) is 15.3 Å². The molecule has 0 bridgehead atoms. The fourth-order valence-corrected chi connectivity index (χ4v) is 3.69. The third-order valence-electron chi connectivity index (χ3n) is 4.64. The Kier molecular flexibility index (Phi) is 4.29. The Bertz CT molecular complexity index is 480. The first-order valence-electron chi connectivity index (χ1n) is 8.15. The van der Waals surface area contributed by atoms with Crippen molar-refractivity contribution >= 4 is 5.82 Å². The first-order chi connectivity index (χ1) is 10.2. The summed E-state index contributed by atoms with van der Waals surface area (Å²) in [5.41, 5.74) is 0.432. The van der Waals surface area contributed by atoms with E-state index in [1.807, 2.05) is 19.9 Å². The number of hydrogen-bond donors (Lipinski definition) is 1. The molecular weight excluding hydrogens is 264 g/mol. The second-order valence-corrected chi connectivity index (χ2v) is 6.35. The molecule has 5 heteroatoms. The minimum absolute atomic E-state index is 0.432. The maximum absolute atomic E-state index is 5.57. The molecule has 1 atom stereocenters. The van der Waals surface area contributed by atoms with Crippen LogP contribution in [0.15, 0.2) is 6.07 Å². The summed E-state index contributed by atoms with van der Waals surface area (Å²) in [5.74, 6) is 2.51. The summed E-state index contributed by atoms with van der Waals surface area (Å²) in [5, 5.41) is 3.58. The Labute approximate surface area is 127 Å². The van der Waals surface area contributed by atoms with Crippen molar-refractivity contribution in [1.29, 1.82) is 0 Å². The third-order valence-corrected chi connectivity index (χ3v) is 4.64. The SMILES string of the molecule is CCOc1cc(N2CCCC3(CCCNC3)C2)nc(C)n1. The van der Waals surface area contributed by atoms with Gasteiger partial charge in [-0.1, -0.05) is 0 Å². The van der Waals surface area contributed by atoms with Crippen LogP contribution in [0.1, 0.15) is 38.4 Å². The number of hydrogen-bond acceptors (Lipinski definition) is 5. The summed E-state index contributed by atoms with van der Waals surface area (Å²) in [6, 6.07) is 1.99. The lowest BCUT2D eigenvalue weighted by Crippen LogP contribution is -2.51. The fraction of sp³-hybridized carbons (Fsp3) is 0.750. The normalized spacial score (nSPS) is 26.1. The predicted octanol–water partition coefficient (Wildman–Crippen LogP) is 2.15. The van der Waals surface area contributed by atoms with E-state index in [0.29, 0.717) is 17.9 Å². The van der Waals surface area contributed by atoms with Crippen molar-refractivity contribution in [3.63, 3.8) is 0 Å². The van der Waals surface area contributed by atoms with E-state index in [1.54, 1.807) is 0 Å². The quantitative estimate of drug-likeness (QED) is 0.924. The molecule has 0 saturated carbocycles. The number of aromatic nitrogens is 2. The van der Waals surface area contributed by atoms with E-state index in [-0.39, 0.29) is 0 Å². The van der Waals surface area contributed by atoms with Gasteiger partial charge in [-0.3, -0.25) is 0 Å². The van der Waals surface area contributed by atoms with E-state index < -0.39 is 0 Å². The summed E-state index contributed by atoms with van der Waals surface area (Å²) in [6.45, 7) is 9.07. The number of piperidine rings is 2. The first kappa shape index (κ1) is 14.6. The van der Waals surface area contributed by atoms with Crippen LogP contribution < -0.4 is 15.0 Å². The zero-order valence-electron chi connectivity index (χ0n) is 13.2. The van der Waals surface area contributed by atoms with Gasteiger partial charge in [0.25, 0.3) is 0 Å². The lowest BCUT2D eigenvalue weighted by atomic mass is 9.74. The molecule has 1 N–H and O–H groups in total. The fourth-order valence-electron chi connectivity index (χ4n) is 3.69. The van der Waals surface area contributed by atoms with Crippen LogP contribution in [0.2, 0.25) is 0 Å². The molecule has 116 valence electrons. The van der Waals surface area contributed by atoms with Gasteiger partial charge in [-0.05, 0) is 46.1 Å². The van der Waals surface area contributed by atoms with Gasteiger partial charge in [-0.15, -0.1) is 0 Å². The van der Waals surface area contributed by atoms with Gasteiger partial charge in [0.15, 0.2) is 0 Å². The van der Waals surface area contributed by atoms with Crippen molar-refractivity contribution in [2.75, 3.05) is 37.7 Å². The maximum atomic E-state index is 5.57. The molecule has 1 aromatic rings. The Balaban J connectivity index is 1.79. The van der Waals surface area contributed by atoms with Crippen LogP contribution in [0.5, 0.6) is 5.88 Å². The van der Waals surface area contributed by atoms with Gasteiger partial charge >= 0.3 is 0 Å². The lowest BCUT2D eigenvalue weighted by molar-refractivity contribution is 0.172. The van der Waals surface area contributed by atoms with Crippen molar-refractivity contribution in [2.45, 2.75) is 39.5 Å². The molecule has 2 aliphatic rings. The molecule has 0 aromatic carbocycles. The molecule has 2 aliphatic heterocycles. The highest BCUT2D eigenvalue weighted by molar-refractivity contribution is 5.42. The smallest absolute Gasteiger partial charge is 0.218 e. The highest BCUT2D eigenvalue weighted by atomic mass is 16.5. The highest BCUT2D eigenvalue weighted by Gasteiger charge is 2.37. The summed E-state index contributed by atoms with van der Waals surface area (Å²) in [7, 11) is 0. The van der Waals surface area contributed by atoms with Crippen LogP contribution in [0.25, 0.3) is 0 Å². The molecule has 3 heterocycles. The number of aryl methyl sites for hydroxylation is 1. The number of nitrogens with one attached hydrogen (secondary N) is 1. The second kappa shape index (κ2) is 6.18. The summed E-state index contributed by atoms with van der Waals surface area (Å²) < 4.78 is 5.57. The number of ether oxygens (including phenoxy) is 1. The van der Waals surface area contributed by atoms with Crippen molar-refractivity contribution in [3.05, 3.63) is 11.9 Å². The van der Waals surface area contributed by atoms with E-state index in [0.717, 1.165) is 31.3 Å². The molecular formula is C16H26N4O. The van der Waals surface area contributed by atoms with Crippen molar-refractivity contribution in [3.8, 4) is 5.88 Å². The van der Waals surface area contributed by atoms with E-state index in [1.165, 1.54) is 32.2 Å². The molecule has 3 rings (SSSR count). The minimum atomic E-state index is 0.432. The molecule has 1 spiro atoms. The van der Waals surface area contributed by atoms with E-state index >= 15 is 0 Å². The van der Waals surface area contributed by atoms with E-state index in [2.05, 4.69) is 20.2 Å². The second-order valence-electron chi connectivity index (χ2n) is 6.35. The Hall–Kier alpha value is -1.36. The Morgan fingerprint density at radius 1 is 1.33 bits per heavy atom. The Morgan fingerprint density at radius 3 is 2.95 bits per heavy atom.